The SMILES string of the molecule is COCCCS(=O)(=O)CCOc1ccccc1C#N. The molecule has 6 heteroatoms. The van der Waals surface area contributed by atoms with Crippen molar-refractivity contribution < 1.29 is 17.9 Å². The molecule has 0 heterocycles. The molecule has 0 bridgehead atoms. The summed E-state index contributed by atoms with van der Waals surface area (Å²) in [5.74, 6) is 0.442. The van der Waals surface area contributed by atoms with Crippen molar-refractivity contribution >= 4 is 9.84 Å². The monoisotopic (exact) mass is 283 g/mol. The lowest BCUT2D eigenvalue weighted by Gasteiger charge is -2.08. The minimum atomic E-state index is -3.13. The number of nitriles is 1. The molecule has 0 fully saturated rings. The molecule has 0 spiro atoms. The molecule has 0 saturated carbocycles. The van der Waals surface area contributed by atoms with Gasteiger partial charge >= 0.3 is 0 Å². The third-order valence-corrected chi connectivity index (χ3v) is 4.16. The van der Waals surface area contributed by atoms with E-state index in [4.69, 9.17) is 14.7 Å². The van der Waals surface area contributed by atoms with Crippen LogP contribution in [0.3, 0.4) is 0 Å². The van der Waals surface area contributed by atoms with E-state index in [1.54, 1.807) is 24.3 Å². The minimum Gasteiger partial charge on any atom is -0.491 e. The Hall–Kier alpha value is -1.58. The second-order valence-electron chi connectivity index (χ2n) is 3.95. The molecule has 0 aliphatic rings. The summed E-state index contributed by atoms with van der Waals surface area (Å²) in [6.07, 6.45) is 0.480. The van der Waals surface area contributed by atoms with Crippen LogP contribution in [-0.2, 0) is 14.6 Å². The Balaban J connectivity index is 2.44. The number of para-hydroxylation sites is 1. The molecule has 0 aliphatic carbocycles. The van der Waals surface area contributed by atoms with Gasteiger partial charge in [-0.3, -0.25) is 0 Å². The van der Waals surface area contributed by atoms with Gasteiger partial charge in [-0.2, -0.15) is 5.26 Å². The maximum absolute atomic E-state index is 11.6. The van der Waals surface area contributed by atoms with Crippen LogP contribution in [0.4, 0.5) is 0 Å². The molecule has 0 N–H and O–H groups in total. The van der Waals surface area contributed by atoms with Gasteiger partial charge in [0, 0.05) is 13.7 Å². The quantitative estimate of drug-likeness (QED) is 0.674. The molecular formula is C13H17NO4S. The molecule has 0 radical (unpaired) electrons. The van der Waals surface area contributed by atoms with Gasteiger partial charge in [0.1, 0.15) is 18.4 Å². The predicted molar refractivity (Wildman–Crippen MR) is 71.8 cm³/mol. The summed E-state index contributed by atoms with van der Waals surface area (Å²) in [4.78, 5) is 0. The normalized spacial score (nSPS) is 10.9. The van der Waals surface area contributed by atoms with Crippen molar-refractivity contribution in [1.29, 1.82) is 5.26 Å². The van der Waals surface area contributed by atoms with E-state index in [1.165, 1.54) is 7.11 Å². The van der Waals surface area contributed by atoms with Gasteiger partial charge in [-0.05, 0) is 18.6 Å². The Morgan fingerprint density at radius 1 is 1.21 bits per heavy atom. The van der Waals surface area contributed by atoms with Crippen LogP contribution in [-0.4, -0.2) is 40.2 Å². The Kier molecular flexibility index (Phi) is 6.33. The summed E-state index contributed by atoms with van der Waals surface area (Å²) < 4.78 is 33.4. The minimum absolute atomic E-state index is 0.0496. The van der Waals surface area contributed by atoms with Gasteiger partial charge in [0.25, 0.3) is 0 Å². The first kappa shape index (κ1) is 15.5. The smallest absolute Gasteiger partial charge is 0.153 e. The molecule has 1 rings (SSSR count). The Bertz CT molecular complexity index is 534. The van der Waals surface area contributed by atoms with Crippen LogP contribution in [0.2, 0.25) is 0 Å². The number of benzene rings is 1. The zero-order chi connectivity index (χ0) is 14.1. The van der Waals surface area contributed by atoms with Crippen LogP contribution in [0, 0.1) is 11.3 Å². The third-order valence-electron chi connectivity index (χ3n) is 2.46. The molecule has 1 aromatic rings. The first-order valence-corrected chi connectivity index (χ1v) is 7.72. The van der Waals surface area contributed by atoms with Crippen molar-refractivity contribution in [1.82, 2.24) is 0 Å². The lowest BCUT2D eigenvalue weighted by Crippen LogP contribution is -2.18. The second kappa shape index (κ2) is 7.77. The van der Waals surface area contributed by atoms with Crippen molar-refractivity contribution in [3.05, 3.63) is 29.8 Å². The van der Waals surface area contributed by atoms with Crippen molar-refractivity contribution in [2.75, 3.05) is 31.8 Å². The Morgan fingerprint density at radius 3 is 2.63 bits per heavy atom. The lowest BCUT2D eigenvalue weighted by atomic mass is 10.2. The van der Waals surface area contributed by atoms with Gasteiger partial charge in [-0.25, -0.2) is 8.42 Å². The van der Waals surface area contributed by atoms with Crippen LogP contribution in [0.15, 0.2) is 24.3 Å². The van der Waals surface area contributed by atoms with Gasteiger partial charge in [-0.1, -0.05) is 12.1 Å². The van der Waals surface area contributed by atoms with Crippen LogP contribution >= 0.6 is 0 Å². The van der Waals surface area contributed by atoms with E-state index in [-0.39, 0.29) is 18.1 Å². The zero-order valence-electron chi connectivity index (χ0n) is 10.8. The van der Waals surface area contributed by atoms with Crippen molar-refractivity contribution in [2.45, 2.75) is 6.42 Å². The van der Waals surface area contributed by atoms with Gasteiger partial charge in [0.15, 0.2) is 9.84 Å². The van der Waals surface area contributed by atoms with Crippen molar-refractivity contribution in [3.63, 3.8) is 0 Å². The van der Waals surface area contributed by atoms with Crippen LogP contribution in [0.5, 0.6) is 5.75 Å². The third kappa shape index (κ3) is 5.73. The molecule has 1 aromatic carbocycles. The highest BCUT2D eigenvalue weighted by molar-refractivity contribution is 7.91. The summed E-state index contributed by atoms with van der Waals surface area (Å²) >= 11 is 0. The Morgan fingerprint density at radius 2 is 1.95 bits per heavy atom. The average Bonchev–Trinajstić information content (AvgIpc) is 2.39. The van der Waals surface area contributed by atoms with Crippen LogP contribution in [0.25, 0.3) is 0 Å². The molecule has 19 heavy (non-hydrogen) atoms. The Labute approximate surface area is 113 Å². The molecule has 0 atom stereocenters. The van der Waals surface area contributed by atoms with E-state index in [9.17, 15) is 8.42 Å². The second-order valence-corrected chi connectivity index (χ2v) is 6.26. The summed E-state index contributed by atoms with van der Waals surface area (Å²) in [6, 6.07) is 8.74. The first-order chi connectivity index (χ1) is 9.09. The van der Waals surface area contributed by atoms with E-state index in [2.05, 4.69) is 0 Å². The van der Waals surface area contributed by atoms with Crippen LogP contribution < -0.4 is 4.74 Å². The molecular weight excluding hydrogens is 266 g/mol. The number of hydrogen-bond acceptors (Lipinski definition) is 5. The molecule has 0 aliphatic heterocycles. The van der Waals surface area contributed by atoms with Gasteiger partial charge in [0.05, 0.1) is 17.1 Å². The maximum Gasteiger partial charge on any atom is 0.153 e. The number of sulfone groups is 1. The topological polar surface area (TPSA) is 76.4 Å². The lowest BCUT2D eigenvalue weighted by molar-refractivity contribution is 0.199. The largest absolute Gasteiger partial charge is 0.491 e. The number of methoxy groups -OCH3 is 1. The fourth-order valence-electron chi connectivity index (χ4n) is 1.49. The molecule has 0 amide bonds. The highest BCUT2D eigenvalue weighted by Crippen LogP contribution is 2.16. The number of hydrogen-bond donors (Lipinski definition) is 0. The molecule has 5 nitrogen and oxygen atoms in total. The van der Waals surface area contributed by atoms with Crippen molar-refractivity contribution in [3.8, 4) is 11.8 Å². The van der Waals surface area contributed by atoms with E-state index in [0.29, 0.717) is 24.3 Å². The van der Waals surface area contributed by atoms with Crippen molar-refractivity contribution in [2.24, 2.45) is 0 Å². The predicted octanol–water partition coefficient (Wildman–Crippen LogP) is 1.39. The highest BCUT2D eigenvalue weighted by atomic mass is 32.2. The standard InChI is InChI=1S/C13H17NO4S/c1-17-7-4-9-19(15,16)10-8-18-13-6-3-2-5-12(13)11-14/h2-3,5-6H,4,7-10H2,1H3. The summed E-state index contributed by atoms with van der Waals surface area (Å²) in [7, 11) is -1.60. The van der Waals surface area contributed by atoms with E-state index >= 15 is 0 Å². The highest BCUT2D eigenvalue weighted by Gasteiger charge is 2.11. The molecule has 0 saturated heterocycles. The van der Waals surface area contributed by atoms with Gasteiger partial charge < -0.3 is 9.47 Å². The van der Waals surface area contributed by atoms with Gasteiger partial charge in [0.2, 0.25) is 0 Å². The number of ether oxygens (including phenoxy) is 2. The summed E-state index contributed by atoms with van der Waals surface area (Å²) in [6.45, 7) is 0.478. The molecule has 104 valence electrons. The zero-order valence-corrected chi connectivity index (χ0v) is 11.6. The van der Waals surface area contributed by atoms with Crippen LogP contribution in [0.1, 0.15) is 12.0 Å². The van der Waals surface area contributed by atoms with E-state index < -0.39 is 9.84 Å². The molecule has 0 unspecified atom stereocenters. The fraction of sp³-hybridized carbons (Fsp3) is 0.462. The van der Waals surface area contributed by atoms with Gasteiger partial charge in [-0.15, -0.1) is 0 Å². The van der Waals surface area contributed by atoms with E-state index in [0.717, 1.165) is 0 Å². The maximum atomic E-state index is 11.6. The fourth-order valence-corrected chi connectivity index (χ4v) is 2.59. The summed E-state index contributed by atoms with van der Waals surface area (Å²) in [5, 5.41) is 8.86. The molecule has 0 aromatic heterocycles. The number of nitrogens with zero attached hydrogens (tertiary/aromatic N) is 1. The summed E-state index contributed by atoms with van der Waals surface area (Å²) in [5.41, 5.74) is 0.402. The van der Waals surface area contributed by atoms with E-state index in [1.807, 2.05) is 6.07 Å². The first-order valence-electron chi connectivity index (χ1n) is 5.90. The number of rotatable bonds is 8. The average molecular weight is 283 g/mol.